The molecule has 1 fully saturated rings. The third kappa shape index (κ3) is 3.64. The minimum absolute atomic E-state index is 0.0143. The molecule has 1 aliphatic rings. The molecule has 1 saturated heterocycles. The van der Waals surface area contributed by atoms with E-state index in [4.69, 9.17) is 9.15 Å². The topological polar surface area (TPSA) is 82.2 Å². The Morgan fingerprint density at radius 1 is 1.54 bits per heavy atom. The number of aryl methyl sites for hydroxylation is 1. The van der Waals surface area contributed by atoms with E-state index in [-0.39, 0.29) is 17.3 Å². The molecule has 0 unspecified atom stereocenters. The van der Waals surface area contributed by atoms with Gasteiger partial charge in [-0.25, -0.2) is 0 Å². The van der Waals surface area contributed by atoms with Crippen LogP contribution in [0.15, 0.2) is 21.9 Å². The van der Waals surface area contributed by atoms with Crippen molar-refractivity contribution in [2.45, 2.75) is 43.2 Å². The van der Waals surface area contributed by atoms with Crippen LogP contribution >= 0.6 is 11.8 Å². The van der Waals surface area contributed by atoms with Crippen molar-refractivity contribution in [2.75, 3.05) is 13.2 Å². The number of furan rings is 1. The number of nitrogens with zero attached hydrogens (tertiary/aromatic N) is 3. The first-order chi connectivity index (χ1) is 11.6. The molecule has 0 spiro atoms. The molecule has 0 radical (unpaired) electrons. The predicted molar refractivity (Wildman–Crippen MR) is 90.7 cm³/mol. The standard InChI is InChI=1S/C16H22N4O3S/c1-10-13(6-8-22-10)14-18-19-16(20(14)3)24-11(2)15(21)17-9-12-5-4-7-23-12/h6,8,11-12H,4-5,7,9H2,1-3H3,(H,17,21)/t11-,12+/m0/s1. The van der Waals surface area contributed by atoms with E-state index in [2.05, 4.69) is 15.5 Å². The first-order valence-corrected chi connectivity index (χ1v) is 8.94. The van der Waals surface area contributed by atoms with E-state index >= 15 is 0 Å². The Morgan fingerprint density at radius 2 is 2.38 bits per heavy atom. The summed E-state index contributed by atoms with van der Waals surface area (Å²) in [5.74, 6) is 1.51. The highest BCUT2D eigenvalue weighted by Gasteiger charge is 2.22. The van der Waals surface area contributed by atoms with Gasteiger partial charge >= 0.3 is 0 Å². The lowest BCUT2D eigenvalue weighted by Crippen LogP contribution is -2.36. The maximum Gasteiger partial charge on any atom is 0.233 e. The summed E-state index contributed by atoms with van der Waals surface area (Å²) in [5.41, 5.74) is 0.910. The van der Waals surface area contributed by atoms with E-state index in [9.17, 15) is 4.79 Å². The SMILES string of the molecule is Cc1occc1-c1nnc(S[C@@H](C)C(=O)NC[C@H]2CCCO2)n1C. The molecule has 8 heteroatoms. The van der Waals surface area contributed by atoms with Crippen LogP contribution < -0.4 is 5.32 Å². The number of amides is 1. The zero-order chi connectivity index (χ0) is 17.1. The molecule has 1 amide bonds. The van der Waals surface area contributed by atoms with Crippen LogP contribution in [0.2, 0.25) is 0 Å². The average molecular weight is 350 g/mol. The molecule has 0 aromatic carbocycles. The highest BCUT2D eigenvalue weighted by Crippen LogP contribution is 2.27. The summed E-state index contributed by atoms with van der Waals surface area (Å²) in [6.07, 6.45) is 3.86. The first kappa shape index (κ1) is 17.0. The van der Waals surface area contributed by atoms with Crippen LogP contribution in [0.4, 0.5) is 0 Å². The Morgan fingerprint density at radius 3 is 3.04 bits per heavy atom. The van der Waals surface area contributed by atoms with Crippen LogP contribution in [-0.4, -0.2) is 45.2 Å². The molecule has 3 heterocycles. The van der Waals surface area contributed by atoms with Gasteiger partial charge < -0.3 is 19.0 Å². The van der Waals surface area contributed by atoms with Crippen LogP contribution in [0, 0.1) is 6.92 Å². The molecule has 7 nitrogen and oxygen atoms in total. The van der Waals surface area contributed by atoms with Gasteiger partial charge in [-0.05, 0) is 32.8 Å². The van der Waals surface area contributed by atoms with Crippen molar-refractivity contribution >= 4 is 17.7 Å². The monoisotopic (exact) mass is 350 g/mol. The highest BCUT2D eigenvalue weighted by molar-refractivity contribution is 8.00. The van der Waals surface area contributed by atoms with Crippen LogP contribution in [0.3, 0.4) is 0 Å². The molecule has 2 aromatic heterocycles. The number of hydrogen-bond acceptors (Lipinski definition) is 6. The lowest BCUT2D eigenvalue weighted by molar-refractivity contribution is -0.120. The van der Waals surface area contributed by atoms with Crippen molar-refractivity contribution in [3.63, 3.8) is 0 Å². The number of hydrogen-bond donors (Lipinski definition) is 1. The minimum atomic E-state index is -0.257. The van der Waals surface area contributed by atoms with Crippen molar-refractivity contribution in [1.29, 1.82) is 0 Å². The summed E-state index contributed by atoms with van der Waals surface area (Å²) < 4.78 is 12.7. The van der Waals surface area contributed by atoms with E-state index in [1.165, 1.54) is 11.8 Å². The quantitative estimate of drug-likeness (QED) is 0.804. The lowest BCUT2D eigenvalue weighted by atomic mass is 10.2. The number of carbonyl (C=O) groups excluding carboxylic acids is 1. The molecule has 1 aliphatic heterocycles. The van der Waals surface area contributed by atoms with Gasteiger partial charge in [0.05, 0.1) is 23.2 Å². The summed E-state index contributed by atoms with van der Waals surface area (Å²) in [6.45, 7) is 5.12. The Hall–Kier alpha value is -1.80. The molecule has 130 valence electrons. The molecular weight excluding hydrogens is 328 g/mol. The van der Waals surface area contributed by atoms with Gasteiger partial charge in [0.15, 0.2) is 11.0 Å². The molecule has 0 saturated carbocycles. The van der Waals surface area contributed by atoms with E-state index in [0.717, 1.165) is 36.6 Å². The zero-order valence-corrected chi connectivity index (χ0v) is 14.9. The van der Waals surface area contributed by atoms with E-state index in [1.54, 1.807) is 6.26 Å². The van der Waals surface area contributed by atoms with Crippen molar-refractivity contribution in [3.05, 3.63) is 18.1 Å². The molecule has 0 aliphatic carbocycles. The summed E-state index contributed by atoms with van der Waals surface area (Å²) in [5, 5.41) is 11.8. The third-order valence-corrected chi connectivity index (χ3v) is 5.25. The van der Waals surface area contributed by atoms with Crippen LogP contribution in [0.1, 0.15) is 25.5 Å². The van der Waals surface area contributed by atoms with Crippen molar-refractivity contribution in [3.8, 4) is 11.4 Å². The second-order valence-corrected chi connectivity index (χ2v) is 7.20. The van der Waals surface area contributed by atoms with Crippen LogP contribution in [0.25, 0.3) is 11.4 Å². The molecule has 2 aromatic rings. The highest BCUT2D eigenvalue weighted by atomic mass is 32.2. The van der Waals surface area contributed by atoms with Crippen LogP contribution in [-0.2, 0) is 16.6 Å². The molecule has 0 bridgehead atoms. The van der Waals surface area contributed by atoms with Gasteiger partial charge in [-0.3, -0.25) is 4.79 Å². The fourth-order valence-corrected chi connectivity index (χ4v) is 3.48. The minimum Gasteiger partial charge on any atom is -0.469 e. The van der Waals surface area contributed by atoms with Crippen molar-refractivity contribution in [2.24, 2.45) is 7.05 Å². The van der Waals surface area contributed by atoms with Crippen molar-refractivity contribution < 1.29 is 13.9 Å². The van der Waals surface area contributed by atoms with E-state index < -0.39 is 0 Å². The van der Waals surface area contributed by atoms with Gasteiger partial charge in [-0.2, -0.15) is 0 Å². The number of nitrogens with one attached hydrogen (secondary N) is 1. The summed E-state index contributed by atoms with van der Waals surface area (Å²) >= 11 is 1.39. The molecule has 3 rings (SSSR count). The van der Waals surface area contributed by atoms with E-state index in [1.807, 2.05) is 31.5 Å². The van der Waals surface area contributed by atoms with Gasteiger partial charge in [0.25, 0.3) is 0 Å². The van der Waals surface area contributed by atoms with Crippen LogP contribution in [0.5, 0.6) is 0 Å². The Kier molecular flexibility index (Phi) is 5.25. The number of thioether (sulfide) groups is 1. The summed E-state index contributed by atoms with van der Waals surface area (Å²) in [7, 11) is 1.89. The first-order valence-electron chi connectivity index (χ1n) is 8.06. The zero-order valence-electron chi connectivity index (χ0n) is 14.1. The van der Waals surface area contributed by atoms with Gasteiger partial charge in [0.2, 0.25) is 5.91 Å². The second kappa shape index (κ2) is 7.40. The van der Waals surface area contributed by atoms with Gasteiger partial charge in [-0.1, -0.05) is 11.8 Å². The molecule has 1 N–H and O–H groups in total. The number of ether oxygens (including phenoxy) is 1. The molecule has 2 atom stereocenters. The maximum absolute atomic E-state index is 12.2. The van der Waals surface area contributed by atoms with Gasteiger partial charge in [-0.15, -0.1) is 10.2 Å². The Balaban J connectivity index is 1.60. The average Bonchev–Trinajstić information content (AvgIpc) is 3.29. The van der Waals surface area contributed by atoms with Gasteiger partial charge in [0.1, 0.15) is 5.76 Å². The number of carbonyl (C=O) groups is 1. The van der Waals surface area contributed by atoms with E-state index in [0.29, 0.717) is 11.7 Å². The fraction of sp³-hybridized carbons (Fsp3) is 0.562. The Bertz CT molecular complexity index is 706. The molecular formula is C16H22N4O3S. The number of rotatable bonds is 6. The largest absolute Gasteiger partial charge is 0.469 e. The summed E-state index contributed by atoms with van der Waals surface area (Å²) in [4.78, 5) is 12.2. The third-order valence-electron chi connectivity index (χ3n) is 4.11. The second-order valence-electron chi connectivity index (χ2n) is 5.90. The van der Waals surface area contributed by atoms with Gasteiger partial charge in [0, 0.05) is 20.2 Å². The lowest BCUT2D eigenvalue weighted by Gasteiger charge is -2.14. The number of aromatic nitrogens is 3. The summed E-state index contributed by atoms with van der Waals surface area (Å²) in [6, 6.07) is 1.87. The van der Waals surface area contributed by atoms with Crippen molar-refractivity contribution in [1.82, 2.24) is 20.1 Å². The smallest absolute Gasteiger partial charge is 0.233 e. The molecule has 24 heavy (non-hydrogen) atoms. The predicted octanol–water partition coefficient (Wildman–Crippen LogP) is 2.16. The normalized spacial score (nSPS) is 18.7. The Labute approximate surface area is 145 Å². The fourth-order valence-electron chi connectivity index (χ4n) is 2.64. The maximum atomic E-state index is 12.2.